The number of hydrogen-bond acceptors (Lipinski definition) is 4. The van der Waals surface area contributed by atoms with Crippen LogP contribution >= 0.6 is 0 Å². The molecule has 0 fully saturated rings. The molecule has 0 spiro atoms. The number of benzene rings is 4. The van der Waals surface area contributed by atoms with Gasteiger partial charge in [0.25, 0.3) is 0 Å². The van der Waals surface area contributed by atoms with Crippen molar-refractivity contribution < 1.29 is 30.0 Å². The molecule has 207 valence electrons. The van der Waals surface area contributed by atoms with Crippen molar-refractivity contribution in [2.45, 2.75) is 41.5 Å². The molecule has 0 saturated carbocycles. The van der Waals surface area contributed by atoms with Crippen molar-refractivity contribution >= 4 is 27.5 Å². The second-order valence-corrected chi connectivity index (χ2v) is 11.0. The van der Waals surface area contributed by atoms with Crippen molar-refractivity contribution in [2.24, 2.45) is 11.3 Å². The van der Waals surface area contributed by atoms with Crippen LogP contribution in [0.25, 0.3) is 44.1 Å². The zero-order valence-electron chi connectivity index (χ0n) is 23.8. The Hall–Kier alpha value is -3.66. The molecule has 1 heterocycles. The quantitative estimate of drug-likeness (QED) is 0.0878. The number of aliphatic hydroxyl groups excluding tert-OH is 1. The fourth-order valence-electron chi connectivity index (χ4n) is 4.11. The summed E-state index contributed by atoms with van der Waals surface area (Å²) in [6, 6.07) is 32.6. The molecule has 0 aliphatic heterocycles. The summed E-state index contributed by atoms with van der Waals surface area (Å²) in [5.74, 6) is 0.925. The minimum absolute atomic E-state index is 0. The molecule has 40 heavy (non-hydrogen) atoms. The van der Waals surface area contributed by atoms with Crippen LogP contribution in [0.2, 0.25) is 0 Å². The van der Waals surface area contributed by atoms with Gasteiger partial charge in [0.1, 0.15) is 5.82 Å². The minimum Gasteiger partial charge on any atom is -0.512 e. The topological polar surface area (TPSA) is 63.1 Å². The summed E-state index contributed by atoms with van der Waals surface area (Å²) in [5, 5.41) is 12.7. The first kappa shape index (κ1) is 30.9. The third kappa shape index (κ3) is 7.29. The second-order valence-electron chi connectivity index (χ2n) is 11.0. The van der Waals surface area contributed by atoms with Gasteiger partial charge in [-0.2, -0.15) is 0 Å². The predicted molar refractivity (Wildman–Crippen MR) is 162 cm³/mol. The van der Waals surface area contributed by atoms with E-state index in [0.717, 1.165) is 33.4 Å². The van der Waals surface area contributed by atoms with Crippen molar-refractivity contribution in [3.05, 3.63) is 109 Å². The average molecular weight is 708 g/mol. The molecular weight excluding hydrogens is 673 g/mol. The molecule has 1 aromatic heterocycles. The van der Waals surface area contributed by atoms with Gasteiger partial charge in [-0.05, 0) is 40.6 Å². The summed E-state index contributed by atoms with van der Waals surface area (Å²) in [5.41, 5.74) is 4.96. The Morgan fingerprint density at radius 1 is 0.875 bits per heavy atom. The molecule has 0 aliphatic rings. The first-order valence-electron chi connectivity index (χ1n) is 13.2. The van der Waals surface area contributed by atoms with Crippen molar-refractivity contribution in [3.8, 4) is 22.4 Å². The molecule has 0 saturated heterocycles. The summed E-state index contributed by atoms with van der Waals surface area (Å²) < 4.78 is 0. The summed E-state index contributed by atoms with van der Waals surface area (Å²) in [4.78, 5) is 20.8. The number of carbonyl (C=O) groups excluding carboxylic acids is 1. The van der Waals surface area contributed by atoms with Gasteiger partial charge in [-0.25, -0.2) is 4.98 Å². The fourth-order valence-corrected chi connectivity index (χ4v) is 4.11. The van der Waals surface area contributed by atoms with Gasteiger partial charge in [-0.3, -0.25) is 9.78 Å². The summed E-state index contributed by atoms with van der Waals surface area (Å²) >= 11 is 0. The van der Waals surface area contributed by atoms with Gasteiger partial charge in [0, 0.05) is 42.9 Å². The van der Waals surface area contributed by atoms with Crippen LogP contribution in [0.5, 0.6) is 0 Å². The minimum atomic E-state index is -0.400. The first-order valence-corrected chi connectivity index (χ1v) is 13.2. The summed E-state index contributed by atoms with van der Waals surface area (Å²) in [7, 11) is 0. The van der Waals surface area contributed by atoms with Gasteiger partial charge in [0.2, 0.25) is 0 Å². The molecule has 0 unspecified atom stereocenters. The van der Waals surface area contributed by atoms with E-state index in [2.05, 4.69) is 60.7 Å². The van der Waals surface area contributed by atoms with Crippen LogP contribution < -0.4 is 0 Å². The number of aliphatic hydroxyl groups is 1. The van der Waals surface area contributed by atoms with E-state index < -0.39 is 5.41 Å². The van der Waals surface area contributed by atoms with E-state index in [-0.39, 0.29) is 37.6 Å². The molecule has 0 amide bonds. The largest absolute Gasteiger partial charge is 0.512 e. The van der Waals surface area contributed by atoms with E-state index in [9.17, 15) is 9.90 Å². The first-order chi connectivity index (χ1) is 18.5. The normalized spacial score (nSPS) is 11.6. The molecule has 1 radical (unpaired) electrons. The van der Waals surface area contributed by atoms with Crippen LogP contribution in [0.1, 0.15) is 40.4 Å². The van der Waals surface area contributed by atoms with Crippen LogP contribution in [-0.4, -0.2) is 20.9 Å². The summed E-state index contributed by atoms with van der Waals surface area (Å²) in [6.07, 6.45) is 1.32. The monoisotopic (exact) mass is 708 g/mol. The Morgan fingerprint density at radius 2 is 1.55 bits per heavy atom. The maximum absolute atomic E-state index is 11.3. The SMILES string of the molecule is CC(C)/C(O)=C/C(=O)C(C)(C)C.Cc1nc(-c2[c-]cccc2)c2ccc3cc(-c4ccccc4)ccc3c2n1.[Ir]. The van der Waals surface area contributed by atoms with E-state index >= 15 is 0 Å². The van der Waals surface area contributed by atoms with Crippen LogP contribution in [0.3, 0.4) is 0 Å². The zero-order valence-corrected chi connectivity index (χ0v) is 26.2. The second kappa shape index (κ2) is 13.1. The third-order valence-electron chi connectivity index (χ3n) is 6.47. The summed E-state index contributed by atoms with van der Waals surface area (Å²) in [6.45, 7) is 11.1. The molecular formula is C35H35IrN2O2-. The molecule has 0 bridgehead atoms. The maximum atomic E-state index is 11.3. The van der Waals surface area contributed by atoms with E-state index in [1.54, 1.807) is 0 Å². The van der Waals surface area contributed by atoms with Crippen molar-refractivity contribution in [1.29, 1.82) is 0 Å². The molecule has 4 aromatic carbocycles. The number of rotatable bonds is 4. The van der Waals surface area contributed by atoms with Crippen molar-refractivity contribution in [3.63, 3.8) is 0 Å². The number of allylic oxidation sites excluding steroid dienone is 2. The number of aryl methyl sites for hydroxylation is 1. The van der Waals surface area contributed by atoms with E-state index in [1.807, 2.05) is 71.9 Å². The number of ketones is 1. The molecule has 4 nitrogen and oxygen atoms in total. The van der Waals surface area contributed by atoms with Crippen molar-refractivity contribution in [2.75, 3.05) is 0 Å². The Morgan fingerprint density at radius 3 is 2.17 bits per heavy atom. The van der Waals surface area contributed by atoms with Crippen molar-refractivity contribution in [1.82, 2.24) is 9.97 Å². The van der Waals surface area contributed by atoms with Crippen LogP contribution in [0, 0.1) is 24.3 Å². The van der Waals surface area contributed by atoms with E-state index in [1.165, 1.54) is 22.6 Å². The van der Waals surface area contributed by atoms with E-state index in [4.69, 9.17) is 9.97 Å². The van der Waals surface area contributed by atoms with Gasteiger partial charge in [0.15, 0.2) is 5.78 Å². The van der Waals surface area contributed by atoms with Crippen LogP contribution in [0.15, 0.2) is 96.8 Å². The van der Waals surface area contributed by atoms with Gasteiger partial charge >= 0.3 is 0 Å². The number of aromatic nitrogens is 2. The molecule has 5 rings (SSSR count). The number of hydrogen-bond donors (Lipinski definition) is 1. The number of carbonyl (C=O) groups is 1. The predicted octanol–water partition coefficient (Wildman–Crippen LogP) is 8.92. The zero-order chi connectivity index (χ0) is 28.2. The standard InChI is InChI=1S/C25H17N2.C10H18O2.Ir/c1-17-26-24(19-10-6-3-7-11-19)23-15-13-21-16-20(18-8-4-2-5-9-18)12-14-22(21)25(23)27-17;1-7(2)8(11)6-9(12)10(3,4)5;/h2-10,12-16H,1H3;6-7,11H,1-5H3;/q-1;;/b;8-6-;. The van der Waals surface area contributed by atoms with Gasteiger partial charge in [-0.1, -0.05) is 89.2 Å². The average Bonchev–Trinajstić information content (AvgIpc) is 2.93. The Labute approximate surface area is 250 Å². The van der Waals surface area contributed by atoms with Gasteiger partial charge < -0.3 is 5.11 Å². The third-order valence-corrected chi connectivity index (χ3v) is 6.47. The molecule has 5 aromatic rings. The van der Waals surface area contributed by atoms with Gasteiger partial charge in [-0.15, -0.1) is 35.9 Å². The van der Waals surface area contributed by atoms with Gasteiger partial charge in [0.05, 0.1) is 11.3 Å². The molecule has 0 atom stereocenters. The number of fused-ring (bicyclic) bond motifs is 3. The Kier molecular flexibility index (Phi) is 10.1. The van der Waals surface area contributed by atoms with Crippen LogP contribution in [0.4, 0.5) is 0 Å². The molecule has 0 aliphatic carbocycles. The molecule has 5 heteroatoms. The van der Waals surface area contributed by atoms with Crippen LogP contribution in [-0.2, 0) is 24.9 Å². The smallest absolute Gasteiger partial charge is 0.164 e. The maximum Gasteiger partial charge on any atom is 0.164 e. The Bertz CT molecular complexity index is 1640. The number of nitrogens with zero attached hydrogens (tertiary/aromatic N) is 2. The molecule has 1 N–H and O–H groups in total. The Balaban J connectivity index is 0.000000292. The fraction of sp³-hybridized carbons (Fsp3) is 0.229. The van der Waals surface area contributed by atoms with E-state index in [0.29, 0.717) is 0 Å².